The highest BCUT2D eigenvalue weighted by molar-refractivity contribution is 6.30. The lowest BCUT2D eigenvalue weighted by molar-refractivity contribution is 0.0695. The molecule has 1 saturated carbocycles. The molecule has 0 aliphatic heterocycles. The van der Waals surface area contributed by atoms with Gasteiger partial charge < -0.3 is 5.11 Å². The number of nitrogens with zero attached hydrogens (tertiary/aromatic N) is 2. The average Bonchev–Trinajstić information content (AvgIpc) is 3.08. The Morgan fingerprint density at radius 1 is 1.47 bits per heavy atom. The Balaban J connectivity index is 2.17. The maximum absolute atomic E-state index is 11.3. The molecule has 3 rings (SSSR count). The Bertz CT molecular complexity index is 659. The minimum Gasteiger partial charge on any atom is -0.478 e. The van der Waals surface area contributed by atoms with Crippen molar-refractivity contribution in [2.75, 3.05) is 0 Å². The van der Waals surface area contributed by atoms with E-state index in [1.54, 1.807) is 10.7 Å². The number of carbonyl (C=O) groups is 1. The molecule has 1 heterocycles. The van der Waals surface area contributed by atoms with Crippen molar-refractivity contribution in [1.82, 2.24) is 9.78 Å². The van der Waals surface area contributed by atoms with Crippen LogP contribution in [0.15, 0.2) is 24.4 Å². The number of benzene rings is 1. The van der Waals surface area contributed by atoms with Gasteiger partial charge in [-0.15, -0.1) is 0 Å². The first-order valence-corrected chi connectivity index (χ1v) is 6.53. The maximum Gasteiger partial charge on any atom is 0.339 e. The van der Waals surface area contributed by atoms with Crippen LogP contribution in [0, 0.1) is 6.92 Å². The lowest BCUT2D eigenvalue weighted by Gasteiger charge is -2.10. The Kier molecular flexibility index (Phi) is 2.82. The smallest absolute Gasteiger partial charge is 0.339 e. The lowest BCUT2D eigenvalue weighted by Crippen LogP contribution is -2.06. The summed E-state index contributed by atoms with van der Waals surface area (Å²) in [5, 5.41) is 14.2. The van der Waals surface area contributed by atoms with Crippen molar-refractivity contribution in [3.8, 4) is 5.69 Å². The quantitative estimate of drug-likeness (QED) is 0.935. The third kappa shape index (κ3) is 2.12. The molecule has 98 valence electrons. The summed E-state index contributed by atoms with van der Waals surface area (Å²) in [5.41, 5.74) is 2.98. The third-order valence-corrected chi connectivity index (χ3v) is 3.62. The number of carboxylic acid groups (broad SMARTS) is 1. The summed E-state index contributed by atoms with van der Waals surface area (Å²) in [7, 11) is 0. The number of aromatic carboxylic acids is 1. The number of aromatic nitrogens is 2. The maximum atomic E-state index is 11.3. The molecule has 0 amide bonds. The molecule has 4 nitrogen and oxygen atoms in total. The van der Waals surface area contributed by atoms with Crippen molar-refractivity contribution in [1.29, 1.82) is 0 Å². The van der Waals surface area contributed by atoms with Crippen LogP contribution >= 0.6 is 11.6 Å². The number of aryl methyl sites for hydroxylation is 1. The van der Waals surface area contributed by atoms with Crippen LogP contribution in [-0.2, 0) is 0 Å². The van der Waals surface area contributed by atoms with Gasteiger partial charge >= 0.3 is 5.97 Å². The first kappa shape index (κ1) is 12.2. The van der Waals surface area contributed by atoms with E-state index in [-0.39, 0.29) is 0 Å². The van der Waals surface area contributed by atoms with Gasteiger partial charge in [0.2, 0.25) is 0 Å². The summed E-state index contributed by atoms with van der Waals surface area (Å²) >= 11 is 5.95. The van der Waals surface area contributed by atoms with Gasteiger partial charge in [0.1, 0.15) is 5.56 Å². The van der Waals surface area contributed by atoms with E-state index in [1.165, 1.54) is 6.20 Å². The van der Waals surface area contributed by atoms with Gasteiger partial charge in [-0.25, -0.2) is 9.48 Å². The minimum atomic E-state index is -0.917. The van der Waals surface area contributed by atoms with Crippen LogP contribution < -0.4 is 0 Å². The zero-order valence-corrected chi connectivity index (χ0v) is 11.2. The van der Waals surface area contributed by atoms with Gasteiger partial charge in [-0.3, -0.25) is 0 Å². The Morgan fingerprint density at radius 2 is 2.21 bits per heavy atom. The number of carboxylic acids is 1. The predicted octanol–water partition coefficient (Wildman–Crippen LogP) is 3.41. The monoisotopic (exact) mass is 276 g/mol. The number of hydrogen-bond donors (Lipinski definition) is 1. The molecule has 0 radical (unpaired) electrons. The fourth-order valence-corrected chi connectivity index (χ4v) is 2.55. The molecular formula is C14H13ClN2O2. The molecule has 1 aromatic carbocycles. The van der Waals surface area contributed by atoms with Crippen LogP contribution in [-0.4, -0.2) is 20.9 Å². The van der Waals surface area contributed by atoms with E-state index in [4.69, 9.17) is 11.6 Å². The highest BCUT2D eigenvalue weighted by Crippen LogP contribution is 2.42. The average molecular weight is 277 g/mol. The van der Waals surface area contributed by atoms with E-state index in [9.17, 15) is 9.90 Å². The van der Waals surface area contributed by atoms with Crippen LogP contribution in [0.2, 0.25) is 5.02 Å². The Morgan fingerprint density at radius 3 is 2.79 bits per heavy atom. The molecule has 0 bridgehead atoms. The van der Waals surface area contributed by atoms with Gasteiger partial charge in [0.15, 0.2) is 0 Å². The molecule has 1 aliphatic rings. The first-order valence-electron chi connectivity index (χ1n) is 6.15. The summed E-state index contributed by atoms with van der Waals surface area (Å²) < 4.78 is 1.74. The normalized spacial score (nSPS) is 14.6. The van der Waals surface area contributed by atoms with Crippen molar-refractivity contribution >= 4 is 17.6 Å². The highest BCUT2D eigenvalue weighted by Gasteiger charge is 2.33. The van der Waals surface area contributed by atoms with Crippen LogP contribution in [0.1, 0.15) is 40.4 Å². The predicted molar refractivity (Wildman–Crippen MR) is 72.2 cm³/mol. The van der Waals surface area contributed by atoms with Gasteiger partial charge in [0, 0.05) is 10.9 Å². The molecule has 0 saturated heterocycles. The van der Waals surface area contributed by atoms with Gasteiger partial charge in [-0.1, -0.05) is 11.6 Å². The molecule has 1 aliphatic carbocycles. The molecule has 0 spiro atoms. The summed E-state index contributed by atoms with van der Waals surface area (Å²) in [6.07, 6.45) is 3.49. The van der Waals surface area contributed by atoms with Crippen LogP contribution in [0.4, 0.5) is 0 Å². The first-order chi connectivity index (χ1) is 9.08. The van der Waals surface area contributed by atoms with Crippen molar-refractivity contribution in [2.24, 2.45) is 0 Å². The van der Waals surface area contributed by atoms with Crippen LogP contribution in [0.3, 0.4) is 0 Å². The van der Waals surface area contributed by atoms with Crippen molar-refractivity contribution < 1.29 is 9.90 Å². The second kappa shape index (κ2) is 4.38. The zero-order valence-electron chi connectivity index (χ0n) is 10.4. The van der Waals surface area contributed by atoms with E-state index >= 15 is 0 Å². The largest absolute Gasteiger partial charge is 0.478 e. The van der Waals surface area contributed by atoms with Gasteiger partial charge in [-0.2, -0.15) is 5.10 Å². The standard InChI is InChI=1S/C14H13ClN2O2/c1-8-6-10(15)4-5-12(8)17-13(9-2-3-9)11(7-16-17)14(18)19/h4-7,9H,2-3H2,1H3,(H,18,19). The molecular weight excluding hydrogens is 264 g/mol. The fourth-order valence-electron chi connectivity index (χ4n) is 2.32. The topological polar surface area (TPSA) is 55.1 Å². The van der Waals surface area contributed by atoms with E-state index < -0.39 is 5.97 Å². The summed E-state index contributed by atoms with van der Waals surface area (Å²) in [6, 6.07) is 5.53. The van der Waals surface area contributed by atoms with Gasteiger partial charge in [0.05, 0.1) is 17.6 Å². The molecule has 19 heavy (non-hydrogen) atoms. The van der Waals surface area contributed by atoms with Crippen molar-refractivity contribution in [3.05, 3.63) is 46.2 Å². The molecule has 1 N–H and O–H groups in total. The number of halogens is 1. The number of rotatable bonds is 3. The molecule has 0 atom stereocenters. The van der Waals surface area contributed by atoms with Crippen LogP contribution in [0.25, 0.3) is 5.69 Å². The van der Waals surface area contributed by atoms with E-state index in [0.29, 0.717) is 16.5 Å². The Labute approximate surface area is 115 Å². The highest BCUT2D eigenvalue weighted by atomic mass is 35.5. The molecule has 2 aromatic rings. The Hall–Kier alpha value is -1.81. The third-order valence-electron chi connectivity index (χ3n) is 3.39. The van der Waals surface area contributed by atoms with Crippen LogP contribution in [0.5, 0.6) is 0 Å². The minimum absolute atomic E-state index is 0.303. The second-order valence-electron chi connectivity index (χ2n) is 4.87. The zero-order chi connectivity index (χ0) is 13.6. The van der Waals surface area contributed by atoms with E-state index in [1.807, 2.05) is 19.1 Å². The fraction of sp³-hybridized carbons (Fsp3) is 0.286. The van der Waals surface area contributed by atoms with E-state index in [0.717, 1.165) is 29.8 Å². The molecule has 0 unspecified atom stereocenters. The van der Waals surface area contributed by atoms with Gasteiger partial charge in [-0.05, 0) is 43.5 Å². The van der Waals surface area contributed by atoms with Crippen molar-refractivity contribution in [3.63, 3.8) is 0 Å². The molecule has 1 fully saturated rings. The number of hydrogen-bond acceptors (Lipinski definition) is 2. The van der Waals surface area contributed by atoms with Gasteiger partial charge in [0.25, 0.3) is 0 Å². The molecule has 1 aromatic heterocycles. The molecule has 5 heteroatoms. The summed E-state index contributed by atoms with van der Waals surface area (Å²) in [4.78, 5) is 11.3. The second-order valence-corrected chi connectivity index (χ2v) is 5.30. The SMILES string of the molecule is Cc1cc(Cl)ccc1-n1ncc(C(=O)O)c1C1CC1. The summed E-state index contributed by atoms with van der Waals surface area (Å²) in [6.45, 7) is 1.94. The van der Waals surface area contributed by atoms with E-state index in [2.05, 4.69) is 5.10 Å². The summed E-state index contributed by atoms with van der Waals surface area (Å²) in [5.74, 6) is -0.608. The van der Waals surface area contributed by atoms with Crippen molar-refractivity contribution in [2.45, 2.75) is 25.7 Å². The lowest BCUT2D eigenvalue weighted by atomic mass is 10.1.